The van der Waals surface area contributed by atoms with Crippen LogP contribution < -0.4 is 0 Å². The third-order valence-electron chi connectivity index (χ3n) is 3.73. The van der Waals surface area contributed by atoms with Crippen LogP contribution in [-0.4, -0.2) is 42.1 Å². The van der Waals surface area contributed by atoms with E-state index >= 15 is 0 Å². The number of nitro benzene ring substituents is 1. The molecule has 0 aliphatic heterocycles. The van der Waals surface area contributed by atoms with Crippen molar-refractivity contribution in [3.63, 3.8) is 0 Å². The highest BCUT2D eigenvalue weighted by atomic mass is 32.2. The van der Waals surface area contributed by atoms with Gasteiger partial charge in [-0.05, 0) is 36.2 Å². The molecule has 0 spiro atoms. The van der Waals surface area contributed by atoms with E-state index in [2.05, 4.69) is 0 Å². The first-order chi connectivity index (χ1) is 11.8. The predicted octanol–water partition coefficient (Wildman–Crippen LogP) is 1.73. The summed E-state index contributed by atoms with van der Waals surface area (Å²) in [6, 6.07) is 9.58. The largest absolute Gasteiger partial charge is 0.508 e. The molecule has 0 saturated heterocycles. The lowest BCUT2D eigenvalue weighted by molar-refractivity contribution is -0.384. The van der Waals surface area contributed by atoms with Crippen LogP contribution in [0.1, 0.15) is 5.56 Å². The number of benzene rings is 2. The number of nitro groups is 1. The Labute approximate surface area is 144 Å². The van der Waals surface area contributed by atoms with Crippen molar-refractivity contribution < 1.29 is 23.2 Å². The van der Waals surface area contributed by atoms with E-state index in [1.807, 2.05) is 0 Å². The maximum atomic E-state index is 12.6. The highest BCUT2D eigenvalue weighted by Crippen LogP contribution is 2.21. The summed E-state index contributed by atoms with van der Waals surface area (Å²) in [5.41, 5.74) is 0.457. The molecule has 0 aliphatic rings. The van der Waals surface area contributed by atoms with Crippen molar-refractivity contribution >= 4 is 22.0 Å². The molecule has 0 aliphatic carbocycles. The molecule has 2 aromatic carbocycles. The van der Waals surface area contributed by atoms with E-state index in [0.29, 0.717) is 11.8 Å². The van der Waals surface area contributed by atoms with Crippen molar-refractivity contribution in [3.8, 4) is 5.75 Å². The van der Waals surface area contributed by atoms with Gasteiger partial charge in [0.1, 0.15) is 12.0 Å². The standard InChI is InChI=1S/C16H16N2O6S/c1-17(14(11-19)10-12-2-6-15(20)7-3-12)25(23,24)16-8-4-13(5-9-16)18(21)22/h2-9,11,14,20H,10H2,1H3/t14-/m0/s1. The van der Waals surface area contributed by atoms with Gasteiger partial charge in [-0.3, -0.25) is 10.1 Å². The quantitative estimate of drug-likeness (QED) is 0.454. The molecule has 2 aromatic rings. The Morgan fingerprint density at radius 3 is 2.20 bits per heavy atom. The van der Waals surface area contributed by atoms with E-state index < -0.39 is 21.0 Å². The van der Waals surface area contributed by atoms with Gasteiger partial charge in [-0.2, -0.15) is 4.31 Å². The van der Waals surface area contributed by atoms with Crippen LogP contribution in [0.2, 0.25) is 0 Å². The fourth-order valence-electron chi connectivity index (χ4n) is 2.22. The van der Waals surface area contributed by atoms with Gasteiger partial charge in [-0.1, -0.05) is 12.1 Å². The van der Waals surface area contributed by atoms with Crippen LogP contribution in [0.4, 0.5) is 5.69 Å². The van der Waals surface area contributed by atoms with E-state index in [-0.39, 0.29) is 22.8 Å². The highest BCUT2D eigenvalue weighted by Gasteiger charge is 2.28. The molecule has 0 amide bonds. The molecule has 132 valence electrons. The fraction of sp³-hybridized carbons (Fsp3) is 0.188. The first kappa shape index (κ1) is 18.6. The fourth-order valence-corrected chi connectivity index (χ4v) is 3.51. The van der Waals surface area contributed by atoms with Crippen LogP contribution in [0.3, 0.4) is 0 Å². The van der Waals surface area contributed by atoms with Gasteiger partial charge in [0.15, 0.2) is 0 Å². The summed E-state index contributed by atoms with van der Waals surface area (Å²) in [5.74, 6) is 0.0678. The third kappa shape index (κ3) is 4.20. The Hall–Kier alpha value is -2.78. The molecule has 0 saturated carbocycles. The summed E-state index contributed by atoms with van der Waals surface area (Å²) in [4.78, 5) is 21.3. The lowest BCUT2D eigenvalue weighted by atomic mass is 10.1. The Morgan fingerprint density at radius 1 is 1.16 bits per heavy atom. The molecule has 0 fully saturated rings. The molecular weight excluding hydrogens is 348 g/mol. The van der Waals surface area contributed by atoms with Crippen LogP contribution >= 0.6 is 0 Å². The number of rotatable bonds is 7. The number of likely N-dealkylation sites (N-methyl/N-ethyl adjacent to an activating group) is 1. The number of phenolic OH excluding ortho intramolecular Hbond substituents is 1. The summed E-state index contributed by atoms with van der Waals surface area (Å²) in [6.45, 7) is 0. The molecule has 2 rings (SSSR count). The summed E-state index contributed by atoms with van der Waals surface area (Å²) in [5, 5.41) is 19.9. The number of aldehydes is 1. The molecule has 1 N–H and O–H groups in total. The molecule has 0 unspecified atom stereocenters. The van der Waals surface area contributed by atoms with Crippen molar-refractivity contribution in [2.24, 2.45) is 0 Å². The minimum absolute atomic E-state index is 0.0678. The topological polar surface area (TPSA) is 118 Å². The number of phenols is 1. The van der Waals surface area contributed by atoms with E-state index in [1.165, 1.54) is 19.2 Å². The molecule has 9 heteroatoms. The first-order valence-corrected chi connectivity index (χ1v) is 8.65. The van der Waals surface area contributed by atoms with Gasteiger partial charge >= 0.3 is 0 Å². The second-order valence-corrected chi connectivity index (χ2v) is 7.34. The van der Waals surface area contributed by atoms with Crippen molar-refractivity contribution in [3.05, 3.63) is 64.2 Å². The number of carbonyl (C=O) groups excluding carboxylic acids is 1. The Morgan fingerprint density at radius 2 is 1.72 bits per heavy atom. The van der Waals surface area contributed by atoms with Gasteiger partial charge < -0.3 is 9.90 Å². The maximum absolute atomic E-state index is 12.6. The number of hydrogen-bond donors (Lipinski definition) is 1. The van der Waals surface area contributed by atoms with E-state index in [9.17, 15) is 28.4 Å². The van der Waals surface area contributed by atoms with Gasteiger partial charge in [0.25, 0.3) is 5.69 Å². The van der Waals surface area contributed by atoms with Crippen LogP contribution in [0.15, 0.2) is 53.4 Å². The van der Waals surface area contributed by atoms with Gasteiger partial charge in [0.05, 0.1) is 15.9 Å². The third-order valence-corrected chi connectivity index (χ3v) is 5.63. The van der Waals surface area contributed by atoms with Gasteiger partial charge in [-0.15, -0.1) is 0 Å². The lowest BCUT2D eigenvalue weighted by Crippen LogP contribution is -2.39. The second kappa shape index (κ2) is 7.41. The number of hydrogen-bond acceptors (Lipinski definition) is 6. The Kier molecular flexibility index (Phi) is 5.50. The molecule has 0 heterocycles. The first-order valence-electron chi connectivity index (χ1n) is 7.21. The molecule has 8 nitrogen and oxygen atoms in total. The zero-order valence-corrected chi connectivity index (χ0v) is 14.1. The minimum Gasteiger partial charge on any atom is -0.508 e. The monoisotopic (exact) mass is 364 g/mol. The summed E-state index contributed by atoms with van der Waals surface area (Å²) >= 11 is 0. The molecule has 0 bridgehead atoms. The Balaban J connectivity index is 2.25. The number of aromatic hydroxyl groups is 1. The van der Waals surface area contributed by atoms with Crippen molar-refractivity contribution in [2.75, 3.05) is 7.05 Å². The average Bonchev–Trinajstić information content (AvgIpc) is 2.60. The maximum Gasteiger partial charge on any atom is 0.269 e. The van der Waals surface area contributed by atoms with Crippen LogP contribution in [0.5, 0.6) is 5.75 Å². The number of carbonyl (C=O) groups is 1. The molecule has 0 aromatic heterocycles. The molecule has 0 radical (unpaired) electrons. The summed E-state index contributed by atoms with van der Waals surface area (Å²) < 4.78 is 26.2. The van der Waals surface area contributed by atoms with Crippen molar-refractivity contribution in [1.82, 2.24) is 4.31 Å². The number of nitrogens with zero attached hydrogens (tertiary/aromatic N) is 2. The van der Waals surface area contributed by atoms with Crippen LogP contribution in [0.25, 0.3) is 0 Å². The van der Waals surface area contributed by atoms with Crippen molar-refractivity contribution in [1.29, 1.82) is 0 Å². The van der Waals surface area contributed by atoms with Crippen molar-refractivity contribution in [2.45, 2.75) is 17.4 Å². The van der Waals surface area contributed by atoms with Crippen LogP contribution in [0, 0.1) is 10.1 Å². The van der Waals surface area contributed by atoms with E-state index in [0.717, 1.165) is 28.6 Å². The van der Waals surface area contributed by atoms with E-state index in [1.54, 1.807) is 12.1 Å². The average molecular weight is 364 g/mol. The molecule has 1 atom stereocenters. The van der Waals surface area contributed by atoms with Gasteiger partial charge in [0, 0.05) is 19.2 Å². The lowest BCUT2D eigenvalue weighted by Gasteiger charge is -2.23. The zero-order chi connectivity index (χ0) is 18.6. The number of non-ortho nitro benzene ring substituents is 1. The normalized spacial score (nSPS) is 12.7. The second-order valence-electron chi connectivity index (χ2n) is 5.35. The molecular formula is C16H16N2O6S. The van der Waals surface area contributed by atoms with E-state index in [4.69, 9.17) is 0 Å². The predicted molar refractivity (Wildman–Crippen MR) is 89.7 cm³/mol. The minimum atomic E-state index is -3.99. The van der Waals surface area contributed by atoms with Gasteiger partial charge in [0.2, 0.25) is 10.0 Å². The summed E-state index contributed by atoms with van der Waals surface area (Å²) in [6.07, 6.45) is 0.655. The highest BCUT2D eigenvalue weighted by molar-refractivity contribution is 7.89. The SMILES string of the molecule is CN([C@H](C=O)Cc1ccc(O)cc1)S(=O)(=O)c1ccc([N+](=O)[O-])cc1. The Bertz CT molecular complexity index is 863. The van der Waals surface area contributed by atoms with Crippen LogP contribution in [-0.2, 0) is 21.2 Å². The molecule has 25 heavy (non-hydrogen) atoms. The smallest absolute Gasteiger partial charge is 0.269 e. The summed E-state index contributed by atoms with van der Waals surface area (Å²) in [7, 11) is -2.72. The van der Waals surface area contributed by atoms with Gasteiger partial charge in [-0.25, -0.2) is 8.42 Å². The zero-order valence-electron chi connectivity index (χ0n) is 13.3. The number of sulfonamides is 1.